The van der Waals surface area contributed by atoms with E-state index < -0.39 is 0 Å². The first-order chi connectivity index (χ1) is 13.6. The van der Waals surface area contributed by atoms with Crippen LogP contribution < -0.4 is 10.9 Å². The Bertz CT molecular complexity index is 1240. The number of hydrogen-bond donors (Lipinski definition) is 1. The number of aryl methyl sites for hydroxylation is 1. The molecule has 2 aromatic carbocycles. The standard InChI is InChI=1S/C21H19ClN4O2/c1-2-10-25-18-9-4-3-8-16(18)17-12-23-26(21(28)20(17)25)13-19(27)24-15-7-5-6-14(22)11-15/h3-9,11-12H,2,10,13H2,1H3,(H,24,27). The number of anilines is 1. The fourth-order valence-electron chi connectivity index (χ4n) is 3.46. The van der Waals surface area contributed by atoms with Crippen LogP contribution in [0.4, 0.5) is 5.69 Å². The van der Waals surface area contributed by atoms with Crippen LogP contribution in [0.1, 0.15) is 13.3 Å². The Morgan fingerprint density at radius 1 is 1.14 bits per heavy atom. The highest BCUT2D eigenvalue weighted by atomic mass is 35.5. The Morgan fingerprint density at radius 2 is 1.96 bits per heavy atom. The number of para-hydroxylation sites is 1. The first-order valence-electron chi connectivity index (χ1n) is 9.11. The fourth-order valence-corrected chi connectivity index (χ4v) is 3.66. The largest absolute Gasteiger partial charge is 0.336 e. The summed E-state index contributed by atoms with van der Waals surface area (Å²) in [4.78, 5) is 25.5. The molecule has 0 bridgehead atoms. The lowest BCUT2D eigenvalue weighted by atomic mass is 10.2. The number of nitrogens with one attached hydrogen (secondary N) is 1. The zero-order valence-electron chi connectivity index (χ0n) is 15.4. The Labute approximate surface area is 166 Å². The van der Waals surface area contributed by atoms with E-state index in [9.17, 15) is 9.59 Å². The number of nitrogens with zero attached hydrogens (tertiary/aromatic N) is 3. The van der Waals surface area contributed by atoms with Crippen molar-refractivity contribution in [1.29, 1.82) is 0 Å². The molecule has 6 nitrogen and oxygen atoms in total. The van der Waals surface area contributed by atoms with Crippen molar-refractivity contribution in [2.45, 2.75) is 26.4 Å². The lowest BCUT2D eigenvalue weighted by Crippen LogP contribution is -2.30. The van der Waals surface area contributed by atoms with E-state index in [1.54, 1.807) is 30.5 Å². The summed E-state index contributed by atoms with van der Waals surface area (Å²) in [5.41, 5.74) is 1.88. The SMILES string of the molecule is CCCn1c2ccccc2c2cnn(CC(=O)Nc3cccc(Cl)c3)c(=O)c21. The van der Waals surface area contributed by atoms with Crippen LogP contribution in [0.3, 0.4) is 0 Å². The number of carbonyl (C=O) groups is 1. The molecule has 142 valence electrons. The summed E-state index contributed by atoms with van der Waals surface area (Å²) in [5, 5.41) is 9.30. The van der Waals surface area contributed by atoms with Crippen molar-refractivity contribution in [2.24, 2.45) is 0 Å². The summed E-state index contributed by atoms with van der Waals surface area (Å²) < 4.78 is 3.22. The molecular formula is C21H19ClN4O2. The van der Waals surface area contributed by atoms with Crippen molar-refractivity contribution in [3.63, 3.8) is 0 Å². The van der Waals surface area contributed by atoms with Crippen molar-refractivity contribution in [1.82, 2.24) is 14.3 Å². The molecule has 1 amide bonds. The van der Waals surface area contributed by atoms with Crippen molar-refractivity contribution < 1.29 is 4.79 Å². The molecule has 0 atom stereocenters. The molecule has 4 aromatic rings. The normalized spacial score (nSPS) is 11.2. The van der Waals surface area contributed by atoms with Gasteiger partial charge in [-0.15, -0.1) is 0 Å². The molecule has 0 aliphatic carbocycles. The van der Waals surface area contributed by atoms with Crippen LogP contribution in [0.5, 0.6) is 0 Å². The minimum Gasteiger partial charge on any atom is -0.336 e. The molecule has 0 unspecified atom stereocenters. The maximum Gasteiger partial charge on any atom is 0.291 e. The van der Waals surface area contributed by atoms with E-state index in [0.29, 0.717) is 16.2 Å². The van der Waals surface area contributed by atoms with Crippen LogP contribution in [-0.2, 0) is 17.9 Å². The molecule has 2 heterocycles. The van der Waals surface area contributed by atoms with E-state index in [2.05, 4.69) is 17.3 Å². The third-order valence-corrected chi connectivity index (χ3v) is 4.86. The van der Waals surface area contributed by atoms with Crippen LogP contribution >= 0.6 is 11.6 Å². The number of hydrogen-bond acceptors (Lipinski definition) is 3. The smallest absolute Gasteiger partial charge is 0.291 e. The van der Waals surface area contributed by atoms with Crippen molar-refractivity contribution >= 4 is 45.0 Å². The van der Waals surface area contributed by atoms with Gasteiger partial charge in [-0.25, -0.2) is 4.68 Å². The second kappa shape index (κ2) is 7.48. The van der Waals surface area contributed by atoms with E-state index >= 15 is 0 Å². The molecular weight excluding hydrogens is 376 g/mol. The maximum atomic E-state index is 13.1. The van der Waals surface area contributed by atoms with Gasteiger partial charge in [0.2, 0.25) is 5.91 Å². The predicted octanol–water partition coefficient (Wildman–Crippen LogP) is 4.05. The van der Waals surface area contributed by atoms with Gasteiger partial charge in [0.15, 0.2) is 0 Å². The van der Waals surface area contributed by atoms with Gasteiger partial charge in [-0.05, 0) is 30.7 Å². The van der Waals surface area contributed by atoms with Gasteiger partial charge >= 0.3 is 0 Å². The Balaban J connectivity index is 1.73. The van der Waals surface area contributed by atoms with Gasteiger partial charge in [-0.3, -0.25) is 9.59 Å². The van der Waals surface area contributed by atoms with Crippen LogP contribution in [0.15, 0.2) is 59.5 Å². The lowest BCUT2D eigenvalue weighted by Gasteiger charge is -2.08. The second-order valence-electron chi connectivity index (χ2n) is 6.60. The molecule has 1 N–H and O–H groups in total. The first kappa shape index (κ1) is 18.3. The quantitative estimate of drug-likeness (QED) is 0.555. The van der Waals surface area contributed by atoms with Crippen molar-refractivity contribution in [2.75, 3.05) is 5.32 Å². The van der Waals surface area contributed by atoms with Gasteiger partial charge in [0.05, 0.1) is 6.20 Å². The second-order valence-corrected chi connectivity index (χ2v) is 7.03. The van der Waals surface area contributed by atoms with E-state index in [0.717, 1.165) is 29.3 Å². The molecule has 0 saturated carbocycles. The van der Waals surface area contributed by atoms with Crippen LogP contribution in [0.2, 0.25) is 5.02 Å². The Kier molecular flexibility index (Phi) is 4.88. The summed E-state index contributed by atoms with van der Waals surface area (Å²) >= 11 is 5.94. The molecule has 28 heavy (non-hydrogen) atoms. The minimum absolute atomic E-state index is 0.172. The number of rotatable bonds is 5. The molecule has 0 radical (unpaired) electrons. The van der Waals surface area contributed by atoms with Gasteiger partial charge in [0.1, 0.15) is 12.1 Å². The predicted molar refractivity (Wildman–Crippen MR) is 112 cm³/mol. The Morgan fingerprint density at radius 3 is 2.75 bits per heavy atom. The average Bonchev–Trinajstić information content (AvgIpc) is 2.99. The number of halogens is 1. The van der Waals surface area contributed by atoms with E-state index in [-0.39, 0.29) is 18.0 Å². The van der Waals surface area contributed by atoms with Crippen LogP contribution in [-0.4, -0.2) is 20.3 Å². The summed E-state index contributed by atoms with van der Waals surface area (Å²) in [6.07, 6.45) is 2.56. The zero-order valence-corrected chi connectivity index (χ0v) is 16.1. The van der Waals surface area contributed by atoms with Crippen molar-refractivity contribution in [3.05, 3.63) is 70.1 Å². The summed E-state index contributed by atoms with van der Waals surface area (Å²) in [5.74, 6) is -0.339. The van der Waals surface area contributed by atoms with Gasteiger partial charge < -0.3 is 9.88 Å². The monoisotopic (exact) mass is 394 g/mol. The molecule has 4 rings (SSSR count). The zero-order chi connectivity index (χ0) is 19.7. The van der Waals surface area contributed by atoms with Crippen LogP contribution in [0.25, 0.3) is 21.8 Å². The molecule has 0 spiro atoms. The maximum absolute atomic E-state index is 13.1. The molecule has 0 aliphatic rings. The minimum atomic E-state index is -0.339. The lowest BCUT2D eigenvalue weighted by molar-refractivity contribution is -0.117. The highest BCUT2D eigenvalue weighted by Crippen LogP contribution is 2.26. The third kappa shape index (κ3) is 3.27. The van der Waals surface area contributed by atoms with E-state index in [1.165, 1.54) is 4.68 Å². The molecule has 0 aliphatic heterocycles. The molecule has 2 aromatic heterocycles. The highest BCUT2D eigenvalue weighted by molar-refractivity contribution is 6.30. The summed E-state index contributed by atoms with van der Waals surface area (Å²) in [6, 6.07) is 14.8. The van der Waals surface area contributed by atoms with Gasteiger partial charge in [-0.2, -0.15) is 5.10 Å². The van der Waals surface area contributed by atoms with E-state index in [1.807, 2.05) is 28.8 Å². The number of fused-ring (bicyclic) bond motifs is 3. The van der Waals surface area contributed by atoms with Gasteiger partial charge in [-0.1, -0.05) is 42.8 Å². The number of amides is 1. The molecule has 0 fully saturated rings. The summed E-state index contributed by atoms with van der Waals surface area (Å²) in [6.45, 7) is 2.62. The van der Waals surface area contributed by atoms with Crippen LogP contribution in [0, 0.1) is 0 Å². The highest BCUT2D eigenvalue weighted by Gasteiger charge is 2.16. The Hall–Kier alpha value is -3.12. The van der Waals surface area contributed by atoms with Gasteiger partial charge in [0, 0.05) is 33.5 Å². The average molecular weight is 395 g/mol. The topological polar surface area (TPSA) is 68.9 Å². The summed E-state index contributed by atoms with van der Waals surface area (Å²) in [7, 11) is 0. The third-order valence-electron chi connectivity index (χ3n) is 4.62. The van der Waals surface area contributed by atoms with E-state index in [4.69, 9.17) is 11.6 Å². The van der Waals surface area contributed by atoms with Crippen molar-refractivity contribution in [3.8, 4) is 0 Å². The number of carbonyl (C=O) groups excluding carboxylic acids is 1. The number of benzene rings is 2. The molecule has 0 saturated heterocycles. The fraction of sp³-hybridized carbons (Fsp3) is 0.190. The first-order valence-corrected chi connectivity index (χ1v) is 9.48. The molecule has 7 heteroatoms. The van der Waals surface area contributed by atoms with Gasteiger partial charge in [0.25, 0.3) is 5.56 Å². The number of aromatic nitrogens is 3.